The molecule has 0 aliphatic carbocycles. The van der Waals surface area contributed by atoms with Gasteiger partial charge in [0.05, 0.1) is 10.8 Å². The molecule has 3 aromatic rings. The van der Waals surface area contributed by atoms with E-state index in [0.717, 1.165) is 42.3 Å². The molecule has 0 bridgehead atoms. The van der Waals surface area contributed by atoms with Crippen molar-refractivity contribution in [2.45, 2.75) is 25.7 Å². The predicted octanol–water partition coefficient (Wildman–Crippen LogP) is 6.31. The van der Waals surface area contributed by atoms with Gasteiger partial charge in [-0.3, -0.25) is 9.59 Å². The lowest BCUT2D eigenvalue weighted by molar-refractivity contribution is -0.129. The fraction of sp³-hybridized carbons (Fsp3) is 0.320. The van der Waals surface area contributed by atoms with Crippen molar-refractivity contribution in [3.05, 3.63) is 69.4 Å². The molecule has 5 nitrogen and oxygen atoms in total. The highest BCUT2D eigenvalue weighted by Crippen LogP contribution is 2.32. The van der Waals surface area contributed by atoms with Gasteiger partial charge in [0.2, 0.25) is 5.91 Å². The van der Waals surface area contributed by atoms with Crippen LogP contribution in [-0.4, -0.2) is 46.3 Å². The Hall–Kier alpha value is -2.42. The maximum atomic E-state index is 13.9. The highest BCUT2D eigenvalue weighted by Gasteiger charge is 2.26. The van der Waals surface area contributed by atoms with Gasteiger partial charge in [-0.25, -0.2) is 9.37 Å². The number of thioether (sulfide) groups is 1. The van der Waals surface area contributed by atoms with E-state index in [2.05, 4.69) is 17.2 Å². The maximum Gasteiger partial charge on any atom is 0.275 e. The third-order valence-corrected chi connectivity index (χ3v) is 7.88. The molecule has 1 aromatic heterocycles. The van der Waals surface area contributed by atoms with Crippen LogP contribution in [0.15, 0.2) is 47.8 Å². The number of carbonyl (C=O) groups excluding carboxylic acids is 2. The summed E-state index contributed by atoms with van der Waals surface area (Å²) in [6.07, 6.45) is 1.69. The van der Waals surface area contributed by atoms with Gasteiger partial charge in [0.15, 0.2) is 0 Å². The molecule has 2 amide bonds. The quantitative estimate of drug-likeness (QED) is 0.398. The van der Waals surface area contributed by atoms with E-state index in [9.17, 15) is 14.0 Å². The van der Waals surface area contributed by atoms with Gasteiger partial charge in [-0.1, -0.05) is 30.7 Å². The van der Waals surface area contributed by atoms with Gasteiger partial charge in [-0.15, -0.1) is 11.3 Å². The second kappa shape index (κ2) is 11.3. The number of benzene rings is 2. The normalized spacial score (nSPS) is 14.3. The molecular formula is C25H25ClFN3O2S2. The van der Waals surface area contributed by atoms with Crippen LogP contribution >= 0.6 is 34.7 Å². The zero-order chi connectivity index (χ0) is 24.1. The van der Waals surface area contributed by atoms with Gasteiger partial charge in [-0.05, 0) is 54.5 Å². The Morgan fingerprint density at radius 2 is 1.94 bits per heavy atom. The number of likely N-dealkylation sites (tertiary alicyclic amines) is 1. The number of anilines is 1. The minimum Gasteiger partial charge on any atom is -0.342 e. The van der Waals surface area contributed by atoms with Crippen LogP contribution in [0.4, 0.5) is 10.1 Å². The van der Waals surface area contributed by atoms with E-state index in [-0.39, 0.29) is 17.7 Å². The van der Waals surface area contributed by atoms with Crippen LogP contribution in [0, 0.1) is 5.82 Å². The monoisotopic (exact) mass is 517 g/mol. The molecule has 2 heterocycles. The van der Waals surface area contributed by atoms with Crippen molar-refractivity contribution in [3.63, 3.8) is 0 Å². The minimum atomic E-state index is -0.392. The van der Waals surface area contributed by atoms with E-state index in [4.69, 9.17) is 11.6 Å². The lowest BCUT2D eigenvalue weighted by atomic mass is 9.97. The van der Waals surface area contributed by atoms with Crippen molar-refractivity contribution in [1.29, 1.82) is 0 Å². The molecule has 1 aliphatic rings. The number of carbonyl (C=O) groups is 2. The van der Waals surface area contributed by atoms with E-state index in [1.54, 1.807) is 47.5 Å². The van der Waals surface area contributed by atoms with Crippen LogP contribution in [-0.2, 0) is 4.79 Å². The van der Waals surface area contributed by atoms with Crippen molar-refractivity contribution < 1.29 is 14.0 Å². The van der Waals surface area contributed by atoms with Crippen LogP contribution in [0.25, 0.3) is 11.1 Å². The summed E-state index contributed by atoms with van der Waals surface area (Å²) >= 11 is 9.08. The zero-order valence-electron chi connectivity index (χ0n) is 18.7. The van der Waals surface area contributed by atoms with E-state index in [0.29, 0.717) is 27.7 Å². The lowest BCUT2D eigenvalue weighted by Gasteiger charge is -2.31. The molecule has 9 heteroatoms. The summed E-state index contributed by atoms with van der Waals surface area (Å²) in [5.41, 5.74) is 2.15. The van der Waals surface area contributed by atoms with E-state index >= 15 is 0 Å². The topological polar surface area (TPSA) is 62.3 Å². The number of rotatable bonds is 7. The Balaban J connectivity index is 1.42. The number of aromatic nitrogens is 1. The molecule has 0 atom stereocenters. The van der Waals surface area contributed by atoms with Crippen molar-refractivity contribution >= 4 is 52.2 Å². The van der Waals surface area contributed by atoms with Crippen LogP contribution < -0.4 is 5.32 Å². The number of hydrogen-bond acceptors (Lipinski definition) is 5. The molecular weight excluding hydrogens is 493 g/mol. The smallest absolute Gasteiger partial charge is 0.275 e. The zero-order valence-corrected chi connectivity index (χ0v) is 21.1. The van der Waals surface area contributed by atoms with Gasteiger partial charge in [-0.2, -0.15) is 11.8 Å². The second-order valence-corrected chi connectivity index (χ2v) is 10.6. The van der Waals surface area contributed by atoms with Gasteiger partial charge in [0.25, 0.3) is 5.91 Å². The Kier molecular flexibility index (Phi) is 8.24. The minimum absolute atomic E-state index is 0.195. The SMILES string of the molecule is CCSCC(=O)N1CCC(c2nc(C(=O)Nc3ccc(F)cc3-c3ccc(Cl)cc3)cs2)CC1. The van der Waals surface area contributed by atoms with E-state index < -0.39 is 5.82 Å². The van der Waals surface area contributed by atoms with E-state index in [1.807, 2.05) is 4.90 Å². The van der Waals surface area contributed by atoms with Gasteiger partial charge in [0, 0.05) is 40.7 Å². The highest BCUT2D eigenvalue weighted by molar-refractivity contribution is 7.99. The first-order chi connectivity index (χ1) is 16.4. The third kappa shape index (κ3) is 5.98. The number of nitrogens with one attached hydrogen (secondary N) is 1. The summed E-state index contributed by atoms with van der Waals surface area (Å²) in [7, 11) is 0. The fourth-order valence-electron chi connectivity index (χ4n) is 3.92. The van der Waals surface area contributed by atoms with Crippen molar-refractivity contribution in [3.8, 4) is 11.1 Å². The number of nitrogens with zero attached hydrogens (tertiary/aromatic N) is 2. The van der Waals surface area contributed by atoms with Crippen LogP contribution in [0.3, 0.4) is 0 Å². The highest BCUT2D eigenvalue weighted by atomic mass is 35.5. The first-order valence-electron chi connectivity index (χ1n) is 11.1. The summed E-state index contributed by atoms with van der Waals surface area (Å²) in [5.74, 6) is 1.17. The average molecular weight is 518 g/mol. The summed E-state index contributed by atoms with van der Waals surface area (Å²) in [6.45, 7) is 3.48. The van der Waals surface area contributed by atoms with Crippen LogP contribution in [0.2, 0.25) is 5.02 Å². The third-order valence-electron chi connectivity index (χ3n) is 5.77. The Labute approximate surface area is 211 Å². The summed E-state index contributed by atoms with van der Waals surface area (Å²) in [5, 5.41) is 6.12. The molecule has 1 saturated heterocycles. The largest absolute Gasteiger partial charge is 0.342 e. The summed E-state index contributed by atoms with van der Waals surface area (Å²) in [6, 6.07) is 11.3. The standard InChI is InChI=1S/C25H25ClFN3O2S2/c1-2-33-15-23(31)30-11-9-17(10-12-30)25-29-22(14-34-25)24(32)28-21-8-7-19(27)13-20(21)16-3-5-18(26)6-4-16/h3-8,13-14,17H,2,9-12,15H2,1H3,(H,28,32). The van der Waals surface area contributed by atoms with Gasteiger partial charge >= 0.3 is 0 Å². The average Bonchev–Trinajstić information content (AvgIpc) is 3.35. The van der Waals surface area contributed by atoms with E-state index in [1.165, 1.54) is 23.5 Å². The van der Waals surface area contributed by atoms with Gasteiger partial charge < -0.3 is 10.2 Å². The molecule has 4 rings (SSSR count). The molecule has 0 spiro atoms. The first kappa shape index (κ1) is 24.7. The van der Waals surface area contributed by atoms with Crippen LogP contribution in [0.1, 0.15) is 41.2 Å². The molecule has 1 fully saturated rings. The van der Waals surface area contributed by atoms with Crippen molar-refractivity contribution in [2.24, 2.45) is 0 Å². The second-order valence-electron chi connectivity index (χ2n) is 8.01. The fourth-order valence-corrected chi connectivity index (χ4v) is 5.57. The number of piperidine rings is 1. The number of amides is 2. The predicted molar refractivity (Wildman–Crippen MR) is 138 cm³/mol. The molecule has 0 unspecified atom stereocenters. The maximum absolute atomic E-state index is 13.9. The molecule has 0 radical (unpaired) electrons. The molecule has 2 aromatic carbocycles. The molecule has 178 valence electrons. The summed E-state index contributed by atoms with van der Waals surface area (Å²) in [4.78, 5) is 31.7. The van der Waals surface area contributed by atoms with Crippen LogP contribution in [0.5, 0.6) is 0 Å². The number of hydrogen-bond donors (Lipinski definition) is 1. The Morgan fingerprint density at radius 1 is 1.21 bits per heavy atom. The van der Waals surface area contributed by atoms with Crippen molar-refractivity contribution in [2.75, 3.05) is 29.9 Å². The molecule has 1 N–H and O–H groups in total. The first-order valence-corrected chi connectivity index (χ1v) is 13.5. The van der Waals surface area contributed by atoms with Gasteiger partial charge in [0.1, 0.15) is 11.5 Å². The molecule has 1 aliphatic heterocycles. The summed E-state index contributed by atoms with van der Waals surface area (Å²) < 4.78 is 13.9. The molecule has 34 heavy (non-hydrogen) atoms. The number of halogens is 2. The molecule has 0 saturated carbocycles. The lowest BCUT2D eigenvalue weighted by Crippen LogP contribution is -2.39. The van der Waals surface area contributed by atoms with Crippen molar-refractivity contribution in [1.82, 2.24) is 9.88 Å². The number of thiazole rings is 1. The Bertz CT molecular complexity index is 1160. The Morgan fingerprint density at radius 3 is 2.65 bits per heavy atom.